The number of likely N-dealkylation sites (N-methyl/N-ethyl adjacent to an activating group) is 1. The number of hydrogen-bond donors (Lipinski definition) is 1. The standard InChI is InChI=1S/C12H16ClNO2/c1-8(2)16-12-6-9(4-5-10(12)13)11(15)7-14-3/h4-6,8,14H,7H2,1-3H3. The van der Waals surface area contributed by atoms with Crippen LogP contribution in [0.1, 0.15) is 24.2 Å². The molecule has 0 amide bonds. The summed E-state index contributed by atoms with van der Waals surface area (Å²) in [5.74, 6) is 0.575. The maximum Gasteiger partial charge on any atom is 0.176 e. The summed E-state index contributed by atoms with van der Waals surface area (Å²) in [6.45, 7) is 4.14. The lowest BCUT2D eigenvalue weighted by atomic mass is 10.1. The molecule has 0 atom stereocenters. The van der Waals surface area contributed by atoms with Crippen LogP contribution in [0.15, 0.2) is 18.2 Å². The van der Waals surface area contributed by atoms with Crippen LogP contribution in [0.3, 0.4) is 0 Å². The lowest BCUT2D eigenvalue weighted by Gasteiger charge is -2.12. The number of ether oxygens (including phenoxy) is 1. The molecule has 16 heavy (non-hydrogen) atoms. The number of halogens is 1. The Kier molecular flexibility index (Phi) is 4.77. The molecule has 4 heteroatoms. The van der Waals surface area contributed by atoms with Crippen molar-refractivity contribution >= 4 is 17.4 Å². The van der Waals surface area contributed by atoms with Gasteiger partial charge < -0.3 is 10.1 Å². The zero-order valence-corrected chi connectivity index (χ0v) is 10.5. The number of carbonyl (C=O) groups is 1. The van der Waals surface area contributed by atoms with E-state index < -0.39 is 0 Å². The number of benzene rings is 1. The van der Waals surface area contributed by atoms with Crippen LogP contribution in [-0.4, -0.2) is 25.5 Å². The number of ketones is 1. The fourth-order valence-electron chi connectivity index (χ4n) is 1.28. The fraction of sp³-hybridized carbons (Fsp3) is 0.417. The smallest absolute Gasteiger partial charge is 0.176 e. The Morgan fingerprint density at radius 2 is 2.19 bits per heavy atom. The summed E-state index contributed by atoms with van der Waals surface area (Å²) in [6.07, 6.45) is 0.0344. The van der Waals surface area contributed by atoms with Gasteiger partial charge in [-0.1, -0.05) is 11.6 Å². The van der Waals surface area contributed by atoms with E-state index in [1.165, 1.54) is 0 Å². The molecule has 0 fully saturated rings. The second-order valence-electron chi connectivity index (χ2n) is 3.77. The van der Waals surface area contributed by atoms with E-state index in [2.05, 4.69) is 5.32 Å². The third-order valence-electron chi connectivity index (χ3n) is 1.95. The van der Waals surface area contributed by atoms with Crippen LogP contribution in [0.5, 0.6) is 5.75 Å². The predicted octanol–water partition coefficient (Wildman–Crippen LogP) is 2.53. The molecule has 0 aromatic heterocycles. The molecular weight excluding hydrogens is 226 g/mol. The quantitative estimate of drug-likeness (QED) is 0.806. The van der Waals surface area contributed by atoms with Gasteiger partial charge in [-0.3, -0.25) is 4.79 Å². The summed E-state index contributed by atoms with van der Waals surface area (Å²) >= 11 is 5.97. The summed E-state index contributed by atoms with van der Waals surface area (Å²) in [6, 6.07) is 5.07. The van der Waals surface area contributed by atoms with Crippen LogP contribution < -0.4 is 10.1 Å². The number of carbonyl (C=O) groups excluding carboxylic acids is 1. The third kappa shape index (κ3) is 3.51. The lowest BCUT2D eigenvalue weighted by molar-refractivity contribution is 0.0993. The number of hydrogen-bond acceptors (Lipinski definition) is 3. The average molecular weight is 242 g/mol. The van der Waals surface area contributed by atoms with Crippen molar-refractivity contribution in [3.05, 3.63) is 28.8 Å². The normalized spacial score (nSPS) is 10.6. The second kappa shape index (κ2) is 5.87. The van der Waals surface area contributed by atoms with E-state index in [9.17, 15) is 4.79 Å². The fourth-order valence-corrected chi connectivity index (χ4v) is 1.45. The summed E-state index contributed by atoms with van der Waals surface area (Å²) < 4.78 is 5.51. The van der Waals surface area contributed by atoms with Gasteiger partial charge in [0.15, 0.2) is 5.78 Å². The minimum Gasteiger partial charge on any atom is -0.489 e. The molecule has 0 aliphatic heterocycles. The predicted molar refractivity (Wildman–Crippen MR) is 65.5 cm³/mol. The Bertz CT molecular complexity index is 377. The van der Waals surface area contributed by atoms with E-state index >= 15 is 0 Å². The molecule has 0 unspecified atom stereocenters. The highest BCUT2D eigenvalue weighted by Gasteiger charge is 2.09. The first-order valence-corrected chi connectivity index (χ1v) is 5.56. The van der Waals surface area contributed by atoms with Gasteiger partial charge in [-0.15, -0.1) is 0 Å². The Balaban J connectivity index is 2.93. The van der Waals surface area contributed by atoms with Gasteiger partial charge in [0, 0.05) is 5.56 Å². The summed E-state index contributed by atoms with van der Waals surface area (Å²) in [5.41, 5.74) is 0.606. The van der Waals surface area contributed by atoms with E-state index in [1.807, 2.05) is 13.8 Å². The Morgan fingerprint density at radius 1 is 1.50 bits per heavy atom. The third-order valence-corrected chi connectivity index (χ3v) is 2.27. The summed E-state index contributed by atoms with van der Waals surface area (Å²) in [4.78, 5) is 11.6. The highest BCUT2D eigenvalue weighted by Crippen LogP contribution is 2.26. The first kappa shape index (κ1) is 13.0. The van der Waals surface area contributed by atoms with E-state index in [0.29, 0.717) is 22.9 Å². The maximum absolute atomic E-state index is 11.6. The molecule has 0 aliphatic rings. The molecule has 0 bridgehead atoms. The largest absolute Gasteiger partial charge is 0.489 e. The molecule has 1 aromatic carbocycles. The van der Waals surface area contributed by atoms with E-state index in [-0.39, 0.29) is 11.9 Å². The van der Waals surface area contributed by atoms with Crippen LogP contribution in [0.25, 0.3) is 0 Å². The molecule has 0 radical (unpaired) electrons. The molecule has 88 valence electrons. The Morgan fingerprint density at radius 3 is 2.75 bits per heavy atom. The van der Waals surface area contributed by atoms with E-state index in [1.54, 1.807) is 25.2 Å². The van der Waals surface area contributed by atoms with Crippen LogP contribution in [0.4, 0.5) is 0 Å². The molecular formula is C12H16ClNO2. The molecule has 0 heterocycles. The summed E-state index contributed by atoms with van der Waals surface area (Å²) in [7, 11) is 1.74. The molecule has 0 saturated carbocycles. The first-order valence-electron chi connectivity index (χ1n) is 5.18. The van der Waals surface area contributed by atoms with Gasteiger partial charge in [0.1, 0.15) is 5.75 Å². The highest BCUT2D eigenvalue weighted by atomic mass is 35.5. The van der Waals surface area contributed by atoms with Crippen molar-refractivity contribution in [3.63, 3.8) is 0 Å². The van der Waals surface area contributed by atoms with Gasteiger partial charge in [0.2, 0.25) is 0 Å². The highest BCUT2D eigenvalue weighted by molar-refractivity contribution is 6.32. The molecule has 0 saturated heterocycles. The van der Waals surface area contributed by atoms with Crippen LogP contribution in [0.2, 0.25) is 5.02 Å². The van der Waals surface area contributed by atoms with E-state index in [4.69, 9.17) is 16.3 Å². The van der Waals surface area contributed by atoms with Crippen molar-refractivity contribution in [1.29, 1.82) is 0 Å². The minimum atomic E-state index is 0.0211. The Hall–Kier alpha value is -1.06. The zero-order chi connectivity index (χ0) is 12.1. The van der Waals surface area contributed by atoms with Crippen LogP contribution in [-0.2, 0) is 0 Å². The van der Waals surface area contributed by atoms with Crippen molar-refractivity contribution in [2.45, 2.75) is 20.0 Å². The zero-order valence-electron chi connectivity index (χ0n) is 9.71. The number of rotatable bonds is 5. The van der Waals surface area contributed by atoms with Crippen molar-refractivity contribution in [2.75, 3.05) is 13.6 Å². The van der Waals surface area contributed by atoms with Crippen LogP contribution >= 0.6 is 11.6 Å². The van der Waals surface area contributed by atoms with Gasteiger partial charge in [-0.25, -0.2) is 0 Å². The number of nitrogens with one attached hydrogen (secondary N) is 1. The van der Waals surface area contributed by atoms with Gasteiger partial charge in [-0.2, -0.15) is 0 Å². The van der Waals surface area contributed by atoms with Gasteiger partial charge in [-0.05, 0) is 39.1 Å². The average Bonchev–Trinajstić information content (AvgIpc) is 2.21. The van der Waals surface area contributed by atoms with E-state index in [0.717, 1.165) is 0 Å². The van der Waals surface area contributed by atoms with Crippen molar-refractivity contribution < 1.29 is 9.53 Å². The maximum atomic E-state index is 11.6. The SMILES string of the molecule is CNCC(=O)c1ccc(Cl)c(OC(C)C)c1. The molecule has 0 aliphatic carbocycles. The van der Waals surface area contributed by atoms with Gasteiger partial charge in [0.05, 0.1) is 17.7 Å². The molecule has 0 spiro atoms. The molecule has 1 rings (SSSR count). The van der Waals surface area contributed by atoms with Crippen LogP contribution in [0, 0.1) is 0 Å². The lowest BCUT2D eigenvalue weighted by Crippen LogP contribution is -2.18. The summed E-state index contributed by atoms with van der Waals surface area (Å²) in [5, 5.41) is 3.34. The molecule has 1 aromatic rings. The van der Waals surface area contributed by atoms with Crippen molar-refractivity contribution in [1.82, 2.24) is 5.32 Å². The molecule has 3 nitrogen and oxygen atoms in total. The first-order chi connectivity index (χ1) is 7.54. The van der Waals surface area contributed by atoms with Gasteiger partial charge >= 0.3 is 0 Å². The van der Waals surface area contributed by atoms with Gasteiger partial charge in [0.25, 0.3) is 0 Å². The topological polar surface area (TPSA) is 38.3 Å². The van der Waals surface area contributed by atoms with Crippen molar-refractivity contribution in [2.24, 2.45) is 0 Å². The minimum absolute atomic E-state index is 0.0211. The Labute approximate surface area is 101 Å². The molecule has 1 N–H and O–H groups in total. The second-order valence-corrected chi connectivity index (χ2v) is 4.17. The monoisotopic (exact) mass is 241 g/mol. The number of Topliss-reactive ketones (excluding diaryl/α,β-unsaturated/α-hetero) is 1. The van der Waals surface area contributed by atoms with Crippen molar-refractivity contribution in [3.8, 4) is 5.75 Å².